The van der Waals surface area contributed by atoms with Gasteiger partial charge in [-0.3, -0.25) is 14.4 Å². The lowest BCUT2D eigenvalue weighted by molar-refractivity contribution is -0.125. The highest BCUT2D eigenvalue weighted by Gasteiger charge is 2.41. The molecule has 3 atom stereocenters. The molecule has 2 aliphatic rings. The Morgan fingerprint density at radius 2 is 1.49 bits per heavy atom. The number of benzene rings is 2. The number of sulfonamides is 1. The summed E-state index contributed by atoms with van der Waals surface area (Å²) in [6.07, 6.45) is 4.04. The normalized spacial score (nSPS) is 22.3. The van der Waals surface area contributed by atoms with Gasteiger partial charge < -0.3 is 16.0 Å². The average molecular weight is 531 g/mol. The molecule has 0 aromatic heterocycles. The summed E-state index contributed by atoms with van der Waals surface area (Å²) in [5.74, 6) is -1.43. The van der Waals surface area contributed by atoms with Gasteiger partial charge in [-0.05, 0) is 74.2 Å². The summed E-state index contributed by atoms with van der Waals surface area (Å²) in [6.45, 7) is 1.59. The van der Waals surface area contributed by atoms with Crippen molar-refractivity contribution in [2.45, 2.75) is 68.5 Å². The van der Waals surface area contributed by atoms with E-state index in [4.69, 9.17) is 0 Å². The van der Waals surface area contributed by atoms with Gasteiger partial charge in [0.1, 0.15) is 11.9 Å². The Labute approximate surface area is 215 Å². The summed E-state index contributed by atoms with van der Waals surface area (Å²) < 4.78 is 41.1. The predicted molar refractivity (Wildman–Crippen MR) is 136 cm³/mol. The van der Waals surface area contributed by atoms with Gasteiger partial charge in [-0.2, -0.15) is 4.31 Å². The molecular weight excluding hydrogens is 499 g/mol. The van der Waals surface area contributed by atoms with Crippen molar-refractivity contribution in [1.29, 1.82) is 0 Å². The third-order valence-corrected chi connectivity index (χ3v) is 8.73. The van der Waals surface area contributed by atoms with Gasteiger partial charge in [0.05, 0.1) is 4.90 Å². The summed E-state index contributed by atoms with van der Waals surface area (Å²) in [5, 5.41) is 8.54. The lowest BCUT2D eigenvalue weighted by Gasteiger charge is -2.34. The molecule has 9 nitrogen and oxygen atoms in total. The van der Waals surface area contributed by atoms with Crippen LogP contribution in [0.2, 0.25) is 0 Å². The zero-order valence-electron chi connectivity index (χ0n) is 20.6. The van der Waals surface area contributed by atoms with E-state index < -0.39 is 21.9 Å². The number of nitrogens with zero attached hydrogens (tertiary/aromatic N) is 1. The predicted octanol–water partition coefficient (Wildman–Crippen LogP) is 2.79. The molecule has 198 valence electrons. The van der Waals surface area contributed by atoms with Gasteiger partial charge in [-0.1, -0.05) is 12.8 Å². The first kappa shape index (κ1) is 26.7. The van der Waals surface area contributed by atoms with Gasteiger partial charge in [0, 0.05) is 36.8 Å². The average Bonchev–Trinajstić information content (AvgIpc) is 3.37. The number of hydrogen-bond donors (Lipinski definition) is 3. The van der Waals surface area contributed by atoms with E-state index in [1.54, 1.807) is 0 Å². The molecule has 37 heavy (non-hydrogen) atoms. The zero-order chi connectivity index (χ0) is 26.6. The first-order chi connectivity index (χ1) is 17.6. The fraction of sp³-hybridized carbons (Fsp3) is 0.423. The molecule has 11 heteroatoms. The minimum Gasteiger partial charge on any atom is -0.350 e. The van der Waals surface area contributed by atoms with E-state index in [2.05, 4.69) is 16.0 Å². The second-order valence-corrected chi connectivity index (χ2v) is 11.4. The van der Waals surface area contributed by atoms with Crippen molar-refractivity contribution >= 4 is 33.4 Å². The smallest absolute Gasteiger partial charge is 0.251 e. The number of hydrogen-bond acceptors (Lipinski definition) is 5. The summed E-state index contributed by atoms with van der Waals surface area (Å²) in [7, 11) is -3.93. The van der Waals surface area contributed by atoms with Gasteiger partial charge in [0.25, 0.3) is 5.91 Å². The van der Waals surface area contributed by atoms with Gasteiger partial charge in [-0.15, -0.1) is 0 Å². The van der Waals surface area contributed by atoms with E-state index in [-0.39, 0.29) is 41.2 Å². The molecule has 2 fully saturated rings. The van der Waals surface area contributed by atoms with Crippen LogP contribution in [0, 0.1) is 5.82 Å². The Morgan fingerprint density at radius 1 is 0.865 bits per heavy atom. The third-order valence-electron chi connectivity index (χ3n) is 6.80. The highest BCUT2D eigenvalue weighted by Crippen LogP contribution is 2.28. The maximum Gasteiger partial charge on any atom is 0.251 e. The lowest BCUT2D eigenvalue weighted by atomic mass is 9.89. The molecule has 1 aliphatic heterocycles. The molecule has 1 saturated carbocycles. The quantitative estimate of drug-likeness (QED) is 0.508. The fourth-order valence-electron chi connectivity index (χ4n) is 4.95. The molecule has 0 unspecified atom stereocenters. The van der Waals surface area contributed by atoms with Crippen molar-refractivity contribution in [3.63, 3.8) is 0 Å². The third kappa shape index (κ3) is 6.34. The first-order valence-electron chi connectivity index (χ1n) is 12.4. The second kappa shape index (κ2) is 11.4. The van der Waals surface area contributed by atoms with E-state index in [0.29, 0.717) is 36.9 Å². The number of rotatable bonds is 7. The Kier molecular flexibility index (Phi) is 8.23. The lowest BCUT2D eigenvalue weighted by Crippen LogP contribution is -2.56. The Hall–Kier alpha value is -3.31. The van der Waals surface area contributed by atoms with Crippen LogP contribution in [0.1, 0.15) is 55.8 Å². The first-order valence-corrected chi connectivity index (χ1v) is 13.9. The number of carbonyl (C=O) groups is 3. The Bertz CT molecular complexity index is 1250. The van der Waals surface area contributed by atoms with Crippen LogP contribution in [0.4, 0.5) is 10.1 Å². The topological polar surface area (TPSA) is 125 Å². The van der Waals surface area contributed by atoms with Crippen molar-refractivity contribution in [2.24, 2.45) is 0 Å². The maximum atomic E-state index is 13.3. The molecule has 0 radical (unpaired) electrons. The van der Waals surface area contributed by atoms with Crippen molar-refractivity contribution in [3.8, 4) is 0 Å². The SMILES string of the molecule is CC(=O)Nc1ccc(S(=O)(=O)N2CCC[C@H]2C(=O)N[C@@H]2CCCC[C@H]2NC(=O)c2ccc(F)cc2)cc1. The van der Waals surface area contributed by atoms with E-state index in [0.717, 1.165) is 12.8 Å². The fourth-order valence-corrected chi connectivity index (χ4v) is 6.60. The monoisotopic (exact) mass is 530 g/mol. The second-order valence-electron chi connectivity index (χ2n) is 9.47. The molecule has 1 aliphatic carbocycles. The van der Waals surface area contributed by atoms with Crippen LogP contribution >= 0.6 is 0 Å². The van der Waals surface area contributed by atoms with Gasteiger partial charge in [0.2, 0.25) is 21.8 Å². The molecule has 2 aromatic rings. The molecule has 0 bridgehead atoms. The van der Waals surface area contributed by atoms with Crippen LogP contribution in [0.3, 0.4) is 0 Å². The van der Waals surface area contributed by atoms with Crippen LogP contribution in [-0.2, 0) is 19.6 Å². The van der Waals surface area contributed by atoms with Crippen molar-refractivity contribution in [3.05, 3.63) is 59.9 Å². The number of anilines is 1. The molecule has 1 saturated heterocycles. The van der Waals surface area contributed by atoms with E-state index in [1.807, 2.05) is 0 Å². The number of carbonyl (C=O) groups excluding carboxylic acids is 3. The van der Waals surface area contributed by atoms with Crippen molar-refractivity contribution in [1.82, 2.24) is 14.9 Å². The van der Waals surface area contributed by atoms with E-state index in [9.17, 15) is 27.2 Å². The van der Waals surface area contributed by atoms with E-state index in [1.165, 1.54) is 59.8 Å². The summed E-state index contributed by atoms with van der Waals surface area (Å²) in [6, 6.07) is 9.59. The summed E-state index contributed by atoms with van der Waals surface area (Å²) in [5.41, 5.74) is 0.808. The molecule has 2 aromatic carbocycles. The Morgan fingerprint density at radius 3 is 2.11 bits per heavy atom. The highest BCUT2D eigenvalue weighted by molar-refractivity contribution is 7.89. The van der Waals surface area contributed by atoms with Crippen LogP contribution in [-0.4, -0.2) is 55.1 Å². The van der Waals surface area contributed by atoms with Gasteiger partial charge in [0.15, 0.2) is 0 Å². The van der Waals surface area contributed by atoms with Crippen LogP contribution in [0.15, 0.2) is 53.4 Å². The van der Waals surface area contributed by atoms with Gasteiger partial charge >= 0.3 is 0 Å². The highest BCUT2D eigenvalue weighted by atomic mass is 32.2. The molecule has 1 heterocycles. The standard InChI is InChI=1S/C26H31FN4O5S/c1-17(32)28-20-12-14-21(15-13-20)37(35,36)31-16-4-7-24(31)26(34)30-23-6-3-2-5-22(23)29-25(33)18-8-10-19(27)11-9-18/h8-15,22-24H,2-7,16H2,1H3,(H,28,32)(H,29,33)(H,30,34)/t22-,23-,24+/m1/s1. The number of amides is 3. The molecular formula is C26H31FN4O5S. The largest absolute Gasteiger partial charge is 0.350 e. The zero-order valence-corrected chi connectivity index (χ0v) is 21.4. The molecule has 3 amide bonds. The molecule has 0 spiro atoms. The van der Waals surface area contributed by atoms with Crippen LogP contribution in [0.5, 0.6) is 0 Å². The molecule has 4 rings (SSSR count). The van der Waals surface area contributed by atoms with Gasteiger partial charge in [-0.25, -0.2) is 12.8 Å². The number of halogens is 1. The summed E-state index contributed by atoms with van der Waals surface area (Å²) in [4.78, 5) is 37.3. The van der Waals surface area contributed by atoms with E-state index >= 15 is 0 Å². The minimum atomic E-state index is -3.93. The van der Waals surface area contributed by atoms with Crippen molar-refractivity contribution in [2.75, 3.05) is 11.9 Å². The van der Waals surface area contributed by atoms with Crippen LogP contribution < -0.4 is 16.0 Å². The maximum absolute atomic E-state index is 13.3. The van der Waals surface area contributed by atoms with Crippen molar-refractivity contribution < 1.29 is 27.2 Å². The minimum absolute atomic E-state index is 0.0448. The van der Waals surface area contributed by atoms with Crippen LogP contribution in [0.25, 0.3) is 0 Å². The molecule has 3 N–H and O–H groups in total. The summed E-state index contributed by atoms with van der Waals surface area (Å²) >= 11 is 0. The number of nitrogens with one attached hydrogen (secondary N) is 3. The Balaban J connectivity index is 1.43.